The number of nitrogens with zero attached hydrogens (tertiary/aromatic N) is 8. The lowest BCUT2D eigenvalue weighted by molar-refractivity contribution is -0.130. The van der Waals surface area contributed by atoms with Crippen LogP contribution < -0.4 is 27.3 Å². The predicted octanol–water partition coefficient (Wildman–Crippen LogP) is 9.81. The molecule has 0 aromatic heterocycles. The maximum Gasteiger partial charge on any atom is 0.321 e. The molecule has 16 heteroatoms. The number of nitrogens with one attached hydrogen (secondary N) is 1. The van der Waals surface area contributed by atoms with Crippen LogP contribution in [0.5, 0.6) is 5.75 Å². The second kappa shape index (κ2) is 24.3. The van der Waals surface area contributed by atoms with Crippen LogP contribution >= 0.6 is 0 Å². The molecule has 0 bridgehead atoms. The fourth-order valence-electron chi connectivity index (χ4n) is 10.6. The minimum Gasteiger partial charge on any atom is -0.497 e. The largest absolute Gasteiger partial charge is 0.497 e. The van der Waals surface area contributed by atoms with Crippen LogP contribution in [0.2, 0.25) is 0 Å². The molecule has 7 aromatic rings. The number of rotatable bonds is 10. The Morgan fingerprint density at radius 3 is 1.75 bits per heavy atom. The summed E-state index contributed by atoms with van der Waals surface area (Å²) < 4.78 is 5.17. The lowest BCUT2D eigenvalue weighted by Crippen LogP contribution is -2.48. The maximum atomic E-state index is 14.0. The van der Waals surface area contributed by atoms with E-state index < -0.39 is 11.1 Å². The molecular weight excluding hydrogens is 1010 g/mol. The van der Waals surface area contributed by atoms with Crippen LogP contribution in [-0.2, 0) is 26.2 Å². The molecule has 11 rings (SSSR count). The molecular formula is C65H70N12O4. The predicted molar refractivity (Wildman–Crippen MR) is 321 cm³/mol. The standard InChI is InChI=1S/C29H31N5O3.C18H18N4O.C18H21N3/c1-37-25-14-12-24(13-15-25)31-28(36)33-18-16-21(17-19-33)20-34-26(35)29(32-27(34)30,22-8-4-2-5-9-22)23-10-6-3-7-11-23;1-18(12-23-22(2)17(20)21-18)16-5-3-4-15(10-16)14-8-6-13(11-19)7-9-14;1-13-6-4-7-14(10-13)15-8-5-9-16(11-15)18(2)12-21(3)17(19)20-18/h2-15,21H,16-20H2,1H3,(H2,30,32)(H,31,36);3-10H,12H2,1-2H3,(H2,20,21);4-11H,12H2,1-3H3,(H2,19,20). The fourth-order valence-corrected chi connectivity index (χ4v) is 10.6. The van der Waals surface area contributed by atoms with E-state index in [9.17, 15) is 9.59 Å². The van der Waals surface area contributed by atoms with Gasteiger partial charge in [-0.2, -0.15) is 5.26 Å². The van der Waals surface area contributed by atoms with Crippen LogP contribution in [0.3, 0.4) is 0 Å². The van der Waals surface area contributed by atoms with Crippen molar-refractivity contribution in [3.8, 4) is 34.1 Å². The number of methoxy groups -OCH3 is 1. The molecule has 2 unspecified atom stereocenters. The zero-order chi connectivity index (χ0) is 57.3. The first kappa shape index (κ1) is 56.3. The molecule has 81 heavy (non-hydrogen) atoms. The van der Waals surface area contributed by atoms with E-state index in [0.29, 0.717) is 43.7 Å². The molecule has 2 atom stereocenters. The average molecular weight is 1080 g/mol. The number of nitriles is 1. The molecule has 0 spiro atoms. The second-order valence-corrected chi connectivity index (χ2v) is 21.3. The van der Waals surface area contributed by atoms with Gasteiger partial charge in [0.05, 0.1) is 18.7 Å². The minimum atomic E-state index is -1.19. The summed E-state index contributed by atoms with van der Waals surface area (Å²) in [6, 6.07) is 61.3. The van der Waals surface area contributed by atoms with E-state index >= 15 is 0 Å². The highest BCUT2D eigenvalue weighted by Crippen LogP contribution is 2.41. The molecule has 414 valence electrons. The number of benzene rings is 7. The molecule has 3 amide bonds. The first-order valence-electron chi connectivity index (χ1n) is 27.1. The van der Waals surface area contributed by atoms with Crippen molar-refractivity contribution in [3.05, 3.63) is 215 Å². The molecule has 16 nitrogen and oxygen atoms in total. The normalized spacial score (nSPS) is 19.4. The van der Waals surface area contributed by atoms with Gasteiger partial charge in [-0.15, -0.1) is 0 Å². The van der Waals surface area contributed by atoms with E-state index in [4.69, 9.17) is 37.0 Å². The number of aliphatic imine (C=N–C) groups is 3. The molecule has 0 aliphatic carbocycles. The number of likely N-dealkylation sites (tertiary alicyclic amines) is 1. The smallest absolute Gasteiger partial charge is 0.321 e. The van der Waals surface area contributed by atoms with E-state index in [-0.39, 0.29) is 29.4 Å². The average Bonchev–Trinajstić information content (AvgIpc) is 4.05. The van der Waals surface area contributed by atoms with E-state index in [1.54, 1.807) is 19.1 Å². The van der Waals surface area contributed by atoms with Crippen molar-refractivity contribution in [1.29, 1.82) is 5.26 Å². The zero-order valence-corrected chi connectivity index (χ0v) is 46.8. The van der Waals surface area contributed by atoms with E-state index in [1.807, 2.05) is 151 Å². The van der Waals surface area contributed by atoms with Crippen molar-refractivity contribution in [3.63, 3.8) is 0 Å². The van der Waals surface area contributed by atoms with Gasteiger partial charge >= 0.3 is 6.03 Å². The lowest BCUT2D eigenvalue weighted by Gasteiger charge is -2.34. The van der Waals surface area contributed by atoms with Gasteiger partial charge in [0.2, 0.25) is 5.96 Å². The molecule has 1 fully saturated rings. The number of carbonyl (C=O) groups excluding carboxylic acids is 2. The van der Waals surface area contributed by atoms with Gasteiger partial charge < -0.3 is 37.1 Å². The second-order valence-electron chi connectivity index (χ2n) is 21.3. The molecule has 7 aromatic carbocycles. The molecule has 4 aliphatic rings. The van der Waals surface area contributed by atoms with Crippen molar-refractivity contribution < 1.29 is 19.2 Å². The number of urea groups is 1. The van der Waals surface area contributed by atoms with Crippen LogP contribution in [0.15, 0.2) is 197 Å². The number of piperidine rings is 1. The van der Waals surface area contributed by atoms with Crippen molar-refractivity contribution in [1.82, 2.24) is 19.8 Å². The summed E-state index contributed by atoms with van der Waals surface area (Å²) in [6.07, 6.45) is 1.55. The number of hydroxylamine groups is 2. The van der Waals surface area contributed by atoms with Crippen molar-refractivity contribution >= 4 is 35.5 Å². The molecule has 0 saturated carbocycles. The van der Waals surface area contributed by atoms with E-state index in [0.717, 1.165) is 58.6 Å². The molecule has 0 radical (unpaired) electrons. The Bertz CT molecular complexity index is 3450. The number of carbonyl (C=O) groups is 2. The topological polar surface area (TPSA) is 217 Å². The van der Waals surface area contributed by atoms with Crippen molar-refractivity contribution in [2.75, 3.05) is 59.3 Å². The molecule has 4 aliphatic heterocycles. The molecule has 4 heterocycles. The summed E-state index contributed by atoms with van der Waals surface area (Å²) in [5, 5.41) is 13.3. The van der Waals surface area contributed by atoms with Gasteiger partial charge in [0.15, 0.2) is 17.5 Å². The van der Waals surface area contributed by atoms with E-state index in [2.05, 4.69) is 89.8 Å². The Hall–Kier alpha value is -9.46. The molecule has 7 N–H and O–H groups in total. The van der Waals surface area contributed by atoms with Crippen LogP contribution in [0.1, 0.15) is 60.1 Å². The van der Waals surface area contributed by atoms with Crippen LogP contribution in [0.25, 0.3) is 22.3 Å². The number of hydrogen-bond acceptors (Lipinski definition) is 13. The molecule has 1 saturated heterocycles. The monoisotopic (exact) mass is 1080 g/mol. The summed E-state index contributed by atoms with van der Waals surface area (Å²) >= 11 is 0. The third-order valence-corrected chi connectivity index (χ3v) is 15.4. The van der Waals surface area contributed by atoms with Gasteiger partial charge in [-0.05, 0) is 133 Å². The minimum absolute atomic E-state index is 0.130. The zero-order valence-electron chi connectivity index (χ0n) is 46.8. The number of ether oxygens (including phenoxy) is 1. The number of nitrogens with two attached hydrogens (primary N) is 3. The Morgan fingerprint density at radius 1 is 0.667 bits per heavy atom. The Balaban J connectivity index is 0.000000155. The Labute approximate surface area is 474 Å². The number of likely N-dealkylation sites (N-methyl/N-ethyl adjacent to an activating group) is 1. The highest BCUT2D eigenvalue weighted by atomic mass is 16.7. The van der Waals surface area contributed by atoms with Crippen molar-refractivity contribution in [2.45, 2.75) is 50.2 Å². The first-order valence-corrected chi connectivity index (χ1v) is 27.1. The van der Waals surface area contributed by atoms with Gasteiger partial charge in [0, 0.05) is 46.0 Å². The van der Waals surface area contributed by atoms with Gasteiger partial charge in [-0.1, -0.05) is 139 Å². The number of hydrogen-bond donors (Lipinski definition) is 4. The number of anilines is 1. The summed E-state index contributed by atoms with van der Waals surface area (Å²) in [5.74, 6) is 2.02. The van der Waals surface area contributed by atoms with Crippen LogP contribution in [0.4, 0.5) is 10.5 Å². The third-order valence-electron chi connectivity index (χ3n) is 15.4. The number of aryl methyl sites for hydroxylation is 1. The van der Waals surface area contributed by atoms with Crippen LogP contribution in [-0.4, -0.2) is 104 Å². The Kier molecular flexibility index (Phi) is 16.9. The summed E-state index contributed by atoms with van der Waals surface area (Å²) in [7, 11) is 5.33. The van der Waals surface area contributed by atoms with E-state index in [1.165, 1.54) is 27.3 Å². The quantitative estimate of drug-likeness (QED) is 0.102. The highest BCUT2D eigenvalue weighted by molar-refractivity contribution is 6.09. The summed E-state index contributed by atoms with van der Waals surface area (Å²) in [5.41, 5.74) is 27.3. The Morgan fingerprint density at radius 2 is 1.21 bits per heavy atom. The van der Waals surface area contributed by atoms with Crippen LogP contribution in [0, 0.1) is 24.2 Å². The summed E-state index contributed by atoms with van der Waals surface area (Å²) in [6.45, 7) is 9.19. The fraction of sp³-hybridized carbons (Fsp3) is 0.262. The SMILES string of the molecule is CN1OCC(C)(c2cccc(-c3ccc(C#N)cc3)c2)N=C1N.COc1ccc(NC(=O)N2CCC(CN3C(=O)C(c4ccccc4)(c4ccccc4)N=C3N)CC2)cc1.Cc1cccc(-c2cccc(C3(C)CN(C)C(N)=N3)c2)c1. The van der Waals surface area contributed by atoms with Gasteiger partial charge in [-0.3, -0.25) is 14.5 Å². The highest BCUT2D eigenvalue weighted by Gasteiger charge is 2.51. The lowest BCUT2D eigenvalue weighted by atomic mass is 9.82. The first-order chi connectivity index (χ1) is 39.0. The number of amides is 3. The third kappa shape index (κ3) is 12.5. The van der Waals surface area contributed by atoms with Gasteiger partial charge in [-0.25, -0.2) is 24.8 Å². The number of guanidine groups is 3. The van der Waals surface area contributed by atoms with Gasteiger partial charge in [0.25, 0.3) is 5.91 Å². The maximum absolute atomic E-state index is 14.0. The van der Waals surface area contributed by atoms with Crippen molar-refractivity contribution in [2.24, 2.45) is 38.1 Å². The summed E-state index contributed by atoms with van der Waals surface area (Å²) in [4.78, 5) is 51.7. The van der Waals surface area contributed by atoms with Gasteiger partial charge in [0.1, 0.15) is 23.4 Å².